The van der Waals surface area contributed by atoms with Gasteiger partial charge in [-0.2, -0.15) is 13.2 Å². The van der Waals surface area contributed by atoms with Gasteiger partial charge in [-0.05, 0) is 31.2 Å². The number of imide groups is 1. The van der Waals surface area contributed by atoms with Crippen LogP contribution in [0.15, 0.2) is 30.5 Å². The molecule has 0 saturated carbocycles. The van der Waals surface area contributed by atoms with Crippen LogP contribution in [-0.4, -0.2) is 24.0 Å². The summed E-state index contributed by atoms with van der Waals surface area (Å²) in [6.07, 6.45) is -3.33. The number of halogens is 4. The third-order valence-corrected chi connectivity index (χ3v) is 3.31. The summed E-state index contributed by atoms with van der Waals surface area (Å²) < 4.78 is 56.8. The van der Waals surface area contributed by atoms with Gasteiger partial charge in [0.05, 0.1) is 24.1 Å². The fourth-order valence-electron chi connectivity index (χ4n) is 2.06. The highest BCUT2D eigenvalue weighted by Gasteiger charge is 2.34. The molecule has 10 heteroatoms. The predicted octanol–water partition coefficient (Wildman–Crippen LogP) is 3.52. The fraction of sp³-hybridized carbons (Fsp3) is 0.188. The first-order chi connectivity index (χ1) is 12.1. The van der Waals surface area contributed by atoms with Crippen molar-refractivity contribution in [2.24, 2.45) is 0 Å². The monoisotopic (exact) mass is 371 g/mol. The zero-order chi connectivity index (χ0) is 19.5. The molecule has 0 saturated heterocycles. The molecule has 0 bridgehead atoms. The maximum atomic E-state index is 14.0. The number of hydrogen-bond acceptors (Lipinski definition) is 4. The molecular formula is C16H13F4N3O3. The number of aromatic nitrogens is 1. The van der Waals surface area contributed by atoms with Gasteiger partial charge in [0, 0.05) is 6.20 Å². The molecule has 3 amide bonds. The van der Waals surface area contributed by atoms with Crippen molar-refractivity contribution in [2.75, 3.05) is 12.4 Å². The maximum absolute atomic E-state index is 14.0. The van der Waals surface area contributed by atoms with E-state index < -0.39 is 40.8 Å². The highest BCUT2D eigenvalue weighted by Crippen LogP contribution is 2.34. The molecule has 2 N–H and O–H groups in total. The molecule has 1 aromatic carbocycles. The third kappa shape index (κ3) is 4.26. The van der Waals surface area contributed by atoms with E-state index in [9.17, 15) is 27.2 Å². The zero-order valence-electron chi connectivity index (χ0n) is 13.6. The average molecular weight is 371 g/mol. The van der Waals surface area contributed by atoms with Crippen molar-refractivity contribution in [1.82, 2.24) is 10.3 Å². The van der Waals surface area contributed by atoms with E-state index in [4.69, 9.17) is 0 Å². The number of carbonyl (C=O) groups is 2. The Hall–Kier alpha value is -3.17. The lowest BCUT2D eigenvalue weighted by Crippen LogP contribution is -2.35. The number of urea groups is 1. The minimum absolute atomic E-state index is 0.153. The molecule has 0 aliphatic heterocycles. The smallest absolute Gasteiger partial charge is 0.416 e. The number of rotatable bonds is 3. The van der Waals surface area contributed by atoms with Crippen LogP contribution in [0.25, 0.3) is 0 Å². The second kappa shape index (κ2) is 7.38. The number of amides is 3. The van der Waals surface area contributed by atoms with Crippen molar-refractivity contribution >= 4 is 17.6 Å². The molecular weight excluding hydrogens is 358 g/mol. The molecule has 0 atom stereocenters. The van der Waals surface area contributed by atoms with Gasteiger partial charge in [-0.15, -0.1) is 0 Å². The number of alkyl halides is 3. The number of carbonyl (C=O) groups excluding carboxylic acids is 2. The van der Waals surface area contributed by atoms with Crippen LogP contribution < -0.4 is 15.4 Å². The maximum Gasteiger partial charge on any atom is 0.416 e. The summed E-state index contributed by atoms with van der Waals surface area (Å²) in [7, 11) is 0.977. The molecule has 6 nitrogen and oxygen atoms in total. The van der Waals surface area contributed by atoms with Crippen molar-refractivity contribution in [3.63, 3.8) is 0 Å². The largest absolute Gasteiger partial charge is 0.496 e. The number of nitrogens with one attached hydrogen (secondary N) is 2. The molecule has 0 radical (unpaired) electrons. The summed E-state index contributed by atoms with van der Waals surface area (Å²) in [6, 6.07) is 2.68. The SMILES string of the molecule is COc1cc(C(F)(F)F)cc(F)c1C(=O)NC(=O)Nc1cccnc1C. The highest BCUT2D eigenvalue weighted by atomic mass is 19.4. The highest BCUT2D eigenvalue weighted by molar-refractivity contribution is 6.09. The van der Waals surface area contributed by atoms with Gasteiger partial charge in [0.25, 0.3) is 5.91 Å². The molecule has 0 aliphatic carbocycles. The van der Waals surface area contributed by atoms with E-state index in [1.807, 2.05) is 5.32 Å². The number of anilines is 1. The summed E-state index contributed by atoms with van der Waals surface area (Å²) in [5.74, 6) is -3.38. The summed E-state index contributed by atoms with van der Waals surface area (Å²) in [4.78, 5) is 27.9. The van der Waals surface area contributed by atoms with Gasteiger partial charge in [0.1, 0.15) is 17.1 Å². The van der Waals surface area contributed by atoms with Gasteiger partial charge in [-0.3, -0.25) is 15.1 Å². The number of methoxy groups -OCH3 is 1. The topological polar surface area (TPSA) is 80.3 Å². The van der Waals surface area contributed by atoms with Gasteiger partial charge in [0.2, 0.25) is 0 Å². The van der Waals surface area contributed by atoms with Crippen molar-refractivity contribution in [3.05, 3.63) is 53.1 Å². The Morgan fingerprint density at radius 1 is 1.23 bits per heavy atom. The predicted molar refractivity (Wildman–Crippen MR) is 83.4 cm³/mol. The van der Waals surface area contributed by atoms with Crippen LogP contribution in [-0.2, 0) is 6.18 Å². The van der Waals surface area contributed by atoms with Crippen LogP contribution in [0.4, 0.5) is 28.0 Å². The lowest BCUT2D eigenvalue weighted by Gasteiger charge is -2.14. The number of hydrogen-bond donors (Lipinski definition) is 2. The number of nitrogens with zero attached hydrogens (tertiary/aromatic N) is 1. The van der Waals surface area contributed by atoms with Gasteiger partial charge >= 0.3 is 12.2 Å². The van der Waals surface area contributed by atoms with Crippen LogP contribution in [0.3, 0.4) is 0 Å². The van der Waals surface area contributed by atoms with E-state index in [0.717, 1.165) is 7.11 Å². The Morgan fingerprint density at radius 3 is 2.50 bits per heavy atom. The third-order valence-electron chi connectivity index (χ3n) is 3.31. The summed E-state index contributed by atoms with van der Waals surface area (Å²) in [6.45, 7) is 1.61. The Bertz CT molecular complexity index is 853. The zero-order valence-corrected chi connectivity index (χ0v) is 13.6. The molecule has 0 spiro atoms. The quantitative estimate of drug-likeness (QED) is 0.809. The van der Waals surface area contributed by atoms with Crippen molar-refractivity contribution < 1.29 is 31.9 Å². The van der Waals surface area contributed by atoms with Crippen molar-refractivity contribution in [3.8, 4) is 5.75 Å². The molecule has 2 rings (SSSR count). The molecule has 1 aromatic heterocycles. The normalized spacial score (nSPS) is 11.0. The molecule has 138 valence electrons. The van der Waals surface area contributed by atoms with E-state index in [2.05, 4.69) is 15.0 Å². The standard InChI is InChI=1S/C16H13F4N3O3/c1-8-11(4-3-5-21-8)22-15(25)23-14(24)13-10(17)6-9(16(18,19)20)7-12(13)26-2/h3-7H,1-2H3,(H2,22,23,24,25). The molecule has 0 aliphatic rings. The first-order valence-corrected chi connectivity index (χ1v) is 7.12. The number of benzene rings is 1. The van der Waals surface area contributed by atoms with Gasteiger partial charge in [-0.1, -0.05) is 0 Å². The van der Waals surface area contributed by atoms with E-state index in [1.54, 1.807) is 13.0 Å². The number of ether oxygens (including phenoxy) is 1. The molecule has 1 heterocycles. The van der Waals surface area contributed by atoms with Crippen LogP contribution in [0, 0.1) is 12.7 Å². The van der Waals surface area contributed by atoms with Gasteiger partial charge in [0.15, 0.2) is 0 Å². The summed E-state index contributed by atoms with van der Waals surface area (Å²) in [5.41, 5.74) is -1.37. The second-order valence-electron chi connectivity index (χ2n) is 5.08. The lowest BCUT2D eigenvalue weighted by atomic mass is 10.1. The van der Waals surface area contributed by atoms with Crippen LogP contribution in [0.2, 0.25) is 0 Å². The molecule has 0 unspecified atom stereocenters. The molecule has 26 heavy (non-hydrogen) atoms. The second-order valence-corrected chi connectivity index (χ2v) is 5.08. The van der Waals surface area contributed by atoms with E-state index >= 15 is 0 Å². The minimum Gasteiger partial charge on any atom is -0.496 e. The summed E-state index contributed by atoms with van der Waals surface area (Å²) in [5, 5.41) is 4.15. The first kappa shape index (κ1) is 19.2. The first-order valence-electron chi connectivity index (χ1n) is 7.12. The Labute approximate surface area is 145 Å². The average Bonchev–Trinajstić information content (AvgIpc) is 2.55. The Morgan fingerprint density at radius 2 is 1.92 bits per heavy atom. The van der Waals surface area contributed by atoms with Gasteiger partial charge in [-0.25, -0.2) is 9.18 Å². The van der Waals surface area contributed by atoms with Crippen LogP contribution in [0.1, 0.15) is 21.6 Å². The van der Waals surface area contributed by atoms with Crippen LogP contribution in [0.5, 0.6) is 5.75 Å². The summed E-state index contributed by atoms with van der Waals surface area (Å²) >= 11 is 0. The number of pyridine rings is 1. The molecule has 0 fully saturated rings. The lowest BCUT2D eigenvalue weighted by molar-refractivity contribution is -0.137. The van der Waals surface area contributed by atoms with Gasteiger partial charge < -0.3 is 10.1 Å². The van der Waals surface area contributed by atoms with Crippen molar-refractivity contribution in [1.29, 1.82) is 0 Å². The van der Waals surface area contributed by atoms with E-state index in [1.165, 1.54) is 12.3 Å². The number of aryl methyl sites for hydroxylation is 1. The fourth-order valence-corrected chi connectivity index (χ4v) is 2.06. The van der Waals surface area contributed by atoms with Crippen molar-refractivity contribution in [2.45, 2.75) is 13.1 Å². The Balaban J connectivity index is 2.24. The van der Waals surface area contributed by atoms with Crippen LogP contribution >= 0.6 is 0 Å². The molecule has 2 aromatic rings. The minimum atomic E-state index is -4.82. The Kier molecular flexibility index (Phi) is 5.44. The van der Waals surface area contributed by atoms with E-state index in [0.29, 0.717) is 17.4 Å². The van der Waals surface area contributed by atoms with E-state index in [-0.39, 0.29) is 6.07 Å².